The highest BCUT2D eigenvalue weighted by Crippen LogP contribution is 2.14. The average Bonchev–Trinajstić information content (AvgIpc) is 2.42. The van der Waals surface area contributed by atoms with Gasteiger partial charge in [0.2, 0.25) is 0 Å². The first-order valence-corrected chi connectivity index (χ1v) is 6.46. The summed E-state index contributed by atoms with van der Waals surface area (Å²) in [6, 6.07) is 4.02. The maximum atomic E-state index is 9.06. The Labute approximate surface area is 114 Å². The Bertz CT molecular complexity index is 416. The van der Waals surface area contributed by atoms with Gasteiger partial charge in [0, 0.05) is 26.5 Å². The number of nitriles is 1. The molecular formula is C14H21N3O2. The van der Waals surface area contributed by atoms with Crippen molar-refractivity contribution in [3.8, 4) is 6.07 Å². The first-order chi connectivity index (χ1) is 9.29. The fourth-order valence-corrected chi connectivity index (χ4v) is 1.61. The molecule has 1 heterocycles. The van der Waals surface area contributed by atoms with E-state index in [1.54, 1.807) is 13.3 Å². The Balaban J connectivity index is 2.20. The molecule has 5 nitrogen and oxygen atoms in total. The number of nitrogens with zero attached hydrogens (tertiary/aromatic N) is 2. The summed E-state index contributed by atoms with van der Waals surface area (Å²) in [6.07, 6.45) is 3.67. The Hall–Kier alpha value is -1.64. The van der Waals surface area contributed by atoms with Crippen molar-refractivity contribution in [2.45, 2.75) is 19.8 Å². The van der Waals surface area contributed by atoms with Gasteiger partial charge < -0.3 is 14.8 Å². The molecule has 1 rings (SSSR count). The number of pyridine rings is 1. The Morgan fingerprint density at radius 2 is 2.16 bits per heavy atom. The molecule has 0 bridgehead atoms. The van der Waals surface area contributed by atoms with Gasteiger partial charge in [-0.3, -0.25) is 0 Å². The minimum absolute atomic E-state index is 0.624. The highest BCUT2D eigenvalue weighted by atomic mass is 16.5. The minimum Gasteiger partial charge on any atom is -0.382 e. The van der Waals surface area contributed by atoms with Crippen molar-refractivity contribution in [2.24, 2.45) is 0 Å². The van der Waals surface area contributed by atoms with E-state index in [1.807, 2.05) is 13.0 Å². The second-order valence-electron chi connectivity index (χ2n) is 4.20. The van der Waals surface area contributed by atoms with Crippen molar-refractivity contribution in [3.63, 3.8) is 0 Å². The summed E-state index contributed by atoms with van der Waals surface area (Å²) in [7, 11) is 1.66. The third-order valence-electron chi connectivity index (χ3n) is 2.71. The Kier molecular flexibility index (Phi) is 7.56. The lowest BCUT2D eigenvalue weighted by Crippen LogP contribution is -2.08. The van der Waals surface area contributed by atoms with Gasteiger partial charge >= 0.3 is 0 Å². The van der Waals surface area contributed by atoms with Gasteiger partial charge in [0.05, 0.1) is 18.8 Å². The van der Waals surface area contributed by atoms with Crippen molar-refractivity contribution >= 4 is 5.82 Å². The molecule has 0 aliphatic rings. The molecule has 0 amide bonds. The predicted octanol–water partition coefficient (Wildman–Crippen LogP) is 2.12. The third kappa shape index (κ3) is 5.69. The molecule has 0 aromatic carbocycles. The first-order valence-electron chi connectivity index (χ1n) is 6.46. The second kappa shape index (κ2) is 9.31. The van der Waals surface area contributed by atoms with Gasteiger partial charge in [-0.2, -0.15) is 5.26 Å². The average molecular weight is 263 g/mol. The van der Waals surface area contributed by atoms with E-state index in [4.69, 9.17) is 14.7 Å². The van der Waals surface area contributed by atoms with Crippen LogP contribution in [0, 0.1) is 18.3 Å². The number of hydrogen-bond acceptors (Lipinski definition) is 5. The molecule has 0 radical (unpaired) electrons. The number of unbranched alkanes of at least 4 members (excludes halogenated alkanes) is 1. The van der Waals surface area contributed by atoms with Crippen LogP contribution in [0.3, 0.4) is 0 Å². The van der Waals surface area contributed by atoms with Crippen molar-refractivity contribution in [3.05, 3.63) is 23.4 Å². The molecule has 1 aromatic heterocycles. The number of ether oxygens (including phenoxy) is 2. The van der Waals surface area contributed by atoms with E-state index in [-0.39, 0.29) is 0 Å². The van der Waals surface area contributed by atoms with Gasteiger partial charge in [-0.05, 0) is 31.4 Å². The van der Waals surface area contributed by atoms with Crippen LogP contribution in [0.5, 0.6) is 0 Å². The number of aryl methyl sites for hydroxylation is 1. The van der Waals surface area contributed by atoms with Gasteiger partial charge in [-0.15, -0.1) is 0 Å². The van der Waals surface area contributed by atoms with Crippen molar-refractivity contribution in [2.75, 3.05) is 38.8 Å². The molecule has 0 saturated heterocycles. The van der Waals surface area contributed by atoms with E-state index in [2.05, 4.69) is 16.4 Å². The first kappa shape index (κ1) is 15.4. The molecule has 104 valence electrons. The van der Waals surface area contributed by atoms with Crippen LogP contribution >= 0.6 is 0 Å². The molecule has 19 heavy (non-hydrogen) atoms. The number of anilines is 1. The van der Waals surface area contributed by atoms with Crippen LogP contribution in [0.25, 0.3) is 0 Å². The molecule has 1 N–H and O–H groups in total. The fourth-order valence-electron chi connectivity index (χ4n) is 1.61. The maximum Gasteiger partial charge on any atom is 0.144 e. The number of methoxy groups -OCH3 is 1. The standard InChI is InChI=1S/C14H21N3O2/c1-12-5-7-17-14(13(12)11-15)16-6-3-4-8-19-10-9-18-2/h5,7H,3-4,6,8-10H2,1-2H3,(H,16,17). The zero-order valence-corrected chi connectivity index (χ0v) is 11.6. The number of aromatic nitrogens is 1. The summed E-state index contributed by atoms with van der Waals surface area (Å²) in [6.45, 7) is 4.71. The van der Waals surface area contributed by atoms with E-state index < -0.39 is 0 Å². The summed E-state index contributed by atoms with van der Waals surface area (Å²) < 4.78 is 10.3. The molecule has 0 fully saturated rings. The van der Waals surface area contributed by atoms with Crippen LogP contribution in [0.1, 0.15) is 24.0 Å². The lowest BCUT2D eigenvalue weighted by atomic mass is 10.1. The summed E-state index contributed by atoms with van der Waals surface area (Å²) >= 11 is 0. The summed E-state index contributed by atoms with van der Waals surface area (Å²) in [5, 5.41) is 12.3. The molecule has 0 spiro atoms. The minimum atomic E-state index is 0.624. The van der Waals surface area contributed by atoms with E-state index >= 15 is 0 Å². The van der Waals surface area contributed by atoms with Crippen molar-refractivity contribution < 1.29 is 9.47 Å². The quantitative estimate of drug-likeness (QED) is 0.691. The summed E-state index contributed by atoms with van der Waals surface area (Å²) in [4.78, 5) is 4.19. The maximum absolute atomic E-state index is 9.06. The van der Waals surface area contributed by atoms with Crippen molar-refractivity contribution in [1.82, 2.24) is 4.98 Å². The number of hydrogen-bond donors (Lipinski definition) is 1. The predicted molar refractivity (Wildman–Crippen MR) is 74.1 cm³/mol. The topological polar surface area (TPSA) is 67.2 Å². The lowest BCUT2D eigenvalue weighted by molar-refractivity contribution is 0.0691. The van der Waals surface area contributed by atoms with Gasteiger partial charge in [-0.1, -0.05) is 0 Å². The number of rotatable bonds is 9. The van der Waals surface area contributed by atoms with E-state index in [0.717, 1.165) is 31.6 Å². The molecule has 0 unspecified atom stereocenters. The normalized spacial score (nSPS) is 10.2. The zero-order valence-electron chi connectivity index (χ0n) is 11.6. The van der Waals surface area contributed by atoms with Crippen LogP contribution in [-0.2, 0) is 9.47 Å². The molecule has 1 aromatic rings. The Morgan fingerprint density at radius 3 is 2.89 bits per heavy atom. The second-order valence-corrected chi connectivity index (χ2v) is 4.20. The molecule has 0 atom stereocenters. The monoisotopic (exact) mass is 263 g/mol. The van der Waals surface area contributed by atoms with E-state index in [9.17, 15) is 0 Å². The lowest BCUT2D eigenvalue weighted by Gasteiger charge is -2.08. The molecule has 0 saturated carbocycles. The van der Waals surface area contributed by atoms with Crippen molar-refractivity contribution in [1.29, 1.82) is 5.26 Å². The summed E-state index contributed by atoms with van der Waals surface area (Å²) in [5.41, 5.74) is 1.57. The summed E-state index contributed by atoms with van der Waals surface area (Å²) in [5.74, 6) is 0.669. The highest BCUT2D eigenvalue weighted by Gasteiger charge is 2.04. The molecule has 0 aliphatic carbocycles. The highest BCUT2D eigenvalue weighted by molar-refractivity contribution is 5.55. The fraction of sp³-hybridized carbons (Fsp3) is 0.571. The molecule has 5 heteroatoms. The Morgan fingerprint density at radius 1 is 1.32 bits per heavy atom. The van der Waals surface area contributed by atoms with Gasteiger partial charge in [0.25, 0.3) is 0 Å². The van der Waals surface area contributed by atoms with Crippen LogP contribution in [0.2, 0.25) is 0 Å². The number of nitrogens with one attached hydrogen (secondary N) is 1. The van der Waals surface area contributed by atoms with Gasteiger partial charge in [0.15, 0.2) is 0 Å². The molecule has 0 aliphatic heterocycles. The van der Waals surface area contributed by atoms with E-state index in [1.165, 1.54) is 0 Å². The van der Waals surface area contributed by atoms with Gasteiger partial charge in [0.1, 0.15) is 11.9 Å². The van der Waals surface area contributed by atoms with E-state index in [0.29, 0.717) is 24.6 Å². The largest absolute Gasteiger partial charge is 0.382 e. The SMILES string of the molecule is COCCOCCCCNc1nccc(C)c1C#N. The third-order valence-corrected chi connectivity index (χ3v) is 2.71. The zero-order chi connectivity index (χ0) is 13.9. The smallest absolute Gasteiger partial charge is 0.144 e. The van der Waals surface area contributed by atoms with Crippen LogP contribution in [0.4, 0.5) is 5.82 Å². The van der Waals surface area contributed by atoms with Crippen LogP contribution in [-0.4, -0.2) is 38.5 Å². The van der Waals surface area contributed by atoms with Gasteiger partial charge in [-0.25, -0.2) is 4.98 Å². The van der Waals surface area contributed by atoms with Crippen LogP contribution in [0.15, 0.2) is 12.3 Å². The van der Waals surface area contributed by atoms with Crippen LogP contribution < -0.4 is 5.32 Å². The molecular weight excluding hydrogens is 242 g/mol.